The molecule has 132 valence electrons. The fraction of sp³-hybridized carbons (Fsp3) is 0.556. The van der Waals surface area contributed by atoms with Crippen LogP contribution in [0.3, 0.4) is 0 Å². The van der Waals surface area contributed by atoms with Gasteiger partial charge in [-0.25, -0.2) is 8.42 Å². The summed E-state index contributed by atoms with van der Waals surface area (Å²) in [6.07, 6.45) is 0.537. The molecule has 1 aromatic rings. The minimum atomic E-state index is -3.01. The van der Waals surface area contributed by atoms with E-state index in [9.17, 15) is 18.0 Å². The summed E-state index contributed by atoms with van der Waals surface area (Å²) in [7, 11) is -3.01. The van der Waals surface area contributed by atoms with Crippen molar-refractivity contribution in [3.63, 3.8) is 0 Å². The van der Waals surface area contributed by atoms with Gasteiger partial charge >= 0.3 is 5.97 Å². The summed E-state index contributed by atoms with van der Waals surface area (Å²) >= 11 is 0. The van der Waals surface area contributed by atoms with Crippen LogP contribution in [0.25, 0.3) is 0 Å². The Morgan fingerprint density at radius 3 is 2.29 bits per heavy atom. The van der Waals surface area contributed by atoms with Crippen molar-refractivity contribution in [2.24, 2.45) is 5.92 Å². The van der Waals surface area contributed by atoms with E-state index in [1.807, 2.05) is 12.1 Å². The van der Waals surface area contributed by atoms with Gasteiger partial charge in [-0.1, -0.05) is 45.0 Å². The molecule has 1 aromatic carbocycles. The summed E-state index contributed by atoms with van der Waals surface area (Å²) in [5, 5.41) is 0. The van der Waals surface area contributed by atoms with E-state index in [-0.39, 0.29) is 41.6 Å². The molecule has 1 fully saturated rings. The first kappa shape index (κ1) is 18.6. The van der Waals surface area contributed by atoms with Crippen LogP contribution >= 0.6 is 0 Å². The van der Waals surface area contributed by atoms with E-state index < -0.39 is 15.8 Å². The van der Waals surface area contributed by atoms with Crippen molar-refractivity contribution in [2.75, 3.05) is 18.1 Å². The third-order valence-corrected chi connectivity index (χ3v) is 6.06. The number of esters is 1. The molecule has 6 heteroatoms. The predicted octanol–water partition coefficient (Wildman–Crippen LogP) is 2.53. The van der Waals surface area contributed by atoms with E-state index in [1.54, 1.807) is 12.1 Å². The number of Topliss-reactive ketones (excluding diaryl/α,β-unsaturated/α-hetero) is 1. The molecule has 1 saturated heterocycles. The van der Waals surface area contributed by atoms with Crippen LogP contribution in [0.15, 0.2) is 24.3 Å². The van der Waals surface area contributed by atoms with E-state index in [0.717, 1.165) is 5.56 Å². The van der Waals surface area contributed by atoms with E-state index in [0.29, 0.717) is 12.0 Å². The van der Waals surface area contributed by atoms with Gasteiger partial charge in [0.25, 0.3) is 0 Å². The fourth-order valence-corrected chi connectivity index (χ4v) is 4.57. The lowest BCUT2D eigenvalue weighted by Gasteiger charge is -2.19. The second-order valence-corrected chi connectivity index (χ2v) is 9.61. The third-order valence-electron chi connectivity index (χ3n) is 4.22. The highest BCUT2D eigenvalue weighted by atomic mass is 32.2. The van der Waals surface area contributed by atoms with Gasteiger partial charge in [-0.05, 0) is 23.3 Å². The Balaban J connectivity index is 1.83. The molecule has 0 spiro atoms. The zero-order chi connectivity index (χ0) is 18.0. The quantitative estimate of drug-likeness (QED) is 0.601. The zero-order valence-corrected chi connectivity index (χ0v) is 15.2. The smallest absolute Gasteiger partial charge is 0.306 e. The lowest BCUT2D eigenvalue weighted by atomic mass is 9.86. The minimum absolute atomic E-state index is 0.00959. The first-order valence-electron chi connectivity index (χ1n) is 8.06. The maximum atomic E-state index is 12.1. The van der Waals surface area contributed by atoms with Gasteiger partial charge in [0.2, 0.25) is 0 Å². The predicted molar refractivity (Wildman–Crippen MR) is 91.8 cm³/mol. The largest absolute Gasteiger partial charge is 0.457 e. The fourth-order valence-electron chi connectivity index (χ4n) is 2.71. The van der Waals surface area contributed by atoms with Crippen LogP contribution in [0.2, 0.25) is 0 Å². The molecule has 1 aliphatic rings. The van der Waals surface area contributed by atoms with Crippen LogP contribution in [0.1, 0.15) is 49.5 Å². The molecular weight excluding hydrogens is 328 g/mol. The molecular formula is C18H24O5S. The summed E-state index contributed by atoms with van der Waals surface area (Å²) in [4.78, 5) is 23.8. The summed E-state index contributed by atoms with van der Waals surface area (Å²) in [6.45, 7) is 5.96. The lowest BCUT2D eigenvalue weighted by molar-refractivity contribution is -0.143. The third kappa shape index (κ3) is 5.16. The van der Waals surface area contributed by atoms with Crippen LogP contribution in [0, 0.1) is 5.92 Å². The molecule has 2 rings (SSSR count). The van der Waals surface area contributed by atoms with Crippen molar-refractivity contribution in [2.45, 2.75) is 39.0 Å². The van der Waals surface area contributed by atoms with Crippen molar-refractivity contribution in [3.05, 3.63) is 35.4 Å². The summed E-state index contributed by atoms with van der Waals surface area (Å²) in [5.41, 5.74) is 1.63. The number of carbonyl (C=O) groups is 2. The van der Waals surface area contributed by atoms with Crippen molar-refractivity contribution in [1.82, 2.24) is 0 Å². The molecule has 0 bridgehead atoms. The van der Waals surface area contributed by atoms with Gasteiger partial charge in [0.15, 0.2) is 22.2 Å². The summed E-state index contributed by atoms with van der Waals surface area (Å²) in [5.74, 6) is -0.808. The van der Waals surface area contributed by atoms with Crippen molar-refractivity contribution >= 4 is 21.6 Å². The Bertz CT molecular complexity index is 711. The average Bonchev–Trinajstić information content (AvgIpc) is 2.83. The highest BCUT2D eigenvalue weighted by Gasteiger charge is 2.30. The lowest BCUT2D eigenvalue weighted by Crippen LogP contribution is -2.18. The Hall–Kier alpha value is -1.69. The van der Waals surface area contributed by atoms with Gasteiger partial charge in [-0.2, -0.15) is 0 Å². The molecule has 0 saturated carbocycles. The summed E-state index contributed by atoms with van der Waals surface area (Å²) in [6, 6.07) is 7.28. The maximum absolute atomic E-state index is 12.1. The Morgan fingerprint density at radius 1 is 1.17 bits per heavy atom. The molecule has 0 radical (unpaired) electrons. The standard InChI is InChI=1S/C18H24O5S/c1-18(2,3)15-6-4-14(5-7-15)16(19)11-23-17(20)10-13-8-9-24(21,22)12-13/h4-7,13H,8-12H2,1-3H3. The monoisotopic (exact) mass is 352 g/mol. The number of hydrogen-bond donors (Lipinski definition) is 0. The first-order chi connectivity index (χ1) is 11.1. The zero-order valence-electron chi connectivity index (χ0n) is 14.4. The van der Waals surface area contributed by atoms with Crippen LogP contribution < -0.4 is 0 Å². The molecule has 1 heterocycles. The van der Waals surface area contributed by atoms with Gasteiger partial charge in [0, 0.05) is 12.0 Å². The molecule has 24 heavy (non-hydrogen) atoms. The van der Waals surface area contributed by atoms with Crippen LogP contribution in [-0.4, -0.2) is 38.3 Å². The normalized spacial score (nSPS) is 19.9. The number of ketones is 1. The Kier molecular flexibility index (Phi) is 5.48. The average molecular weight is 352 g/mol. The molecule has 1 unspecified atom stereocenters. The number of carbonyl (C=O) groups excluding carboxylic acids is 2. The summed E-state index contributed by atoms with van der Waals surface area (Å²) < 4.78 is 27.7. The first-order valence-corrected chi connectivity index (χ1v) is 9.89. The molecule has 0 aliphatic carbocycles. The van der Waals surface area contributed by atoms with Crippen LogP contribution in [0.4, 0.5) is 0 Å². The second-order valence-electron chi connectivity index (χ2n) is 7.38. The van der Waals surface area contributed by atoms with Crippen molar-refractivity contribution in [3.8, 4) is 0 Å². The number of hydrogen-bond acceptors (Lipinski definition) is 5. The van der Waals surface area contributed by atoms with E-state index in [4.69, 9.17) is 4.74 Å². The highest BCUT2D eigenvalue weighted by Crippen LogP contribution is 2.23. The van der Waals surface area contributed by atoms with Gasteiger partial charge in [0.05, 0.1) is 11.5 Å². The molecule has 0 amide bonds. The van der Waals surface area contributed by atoms with E-state index >= 15 is 0 Å². The molecule has 1 atom stereocenters. The van der Waals surface area contributed by atoms with Crippen LogP contribution in [-0.2, 0) is 24.8 Å². The minimum Gasteiger partial charge on any atom is -0.457 e. The Morgan fingerprint density at radius 2 is 1.79 bits per heavy atom. The topological polar surface area (TPSA) is 77.5 Å². The van der Waals surface area contributed by atoms with Gasteiger partial charge < -0.3 is 4.74 Å². The van der Waals surface area contributed by atoms with E-state index in [2.05, 4.69) is 20.8 Å². The number of benzene rings is 1. The number of sulfone groups is 1. The number of rotatable bonds is 5. The SMILES string of the molecule is CC(C)(C)c1ccc(C(=O)COC(=O)CC2CCS(=O)(=O)C2)cc1. The van der Waals surface area contributed by atoms with Crippen molar-refractivity contribution in [1.29, 1.82) is 0 Å². The van der Waals surface area contributed by atoms with Crippen molar-refractivity contribution < 1.29 is 22.7 Å². The molecule has 0 aromatic heterocycles. The second kappa shape index (κ2) is 7.05. The van der Waals surface area contributed by atoms with Gasteiger partial charge in [0.1, 0.15) is 0 Å². The maximum Gasteiger partial charge on any atom is 0.306 e. The van der Waals surface area contributed by atoms with Crippen LogP contribution in [0.5, 0.6) is 0 Å². The molecule has 1 aliphatic heterocycles. The Labute approximate surface area is 143 Å². The highest BCUT2D eigenvalue weighted by molar-refractivity contribution is 7.91. The van der Waals surface area contributed by atoms with E-state index in [1.165, 1.54) is 0 Å². The molecule has 5 nitrogen and oxygen atoms in total. The number of ether oxygens (including phenoxy) is 1. The van der Waals surface area contributed by atoms with Gasteiger partial charge in [-0.3, -0.25) is 9.59 Å². The molecule has 0 N–H and O–H groups in total. The van der Waals surface area contributed by atoms with Gasteiger partial charge in [-0.15, -0.1) is 0 Å².